The molecule has 1 fully saturated rings. The SMILES string of the molecule is CCn1nc(NC(=O)c2ccc(CN3CCN(C(C)C)CC3)cc2)cc1C. The largest absolute Gasteiger partial charge is 0.305 e. The van der Waals surface area contributed by atoms with Crippen LogP contribution in [-0.2, 0) is 13.1 Å². The molecule has 6 heteroatoms. The second-order valence-electron chi connectivity index (χ2n) is 7.54. The molecule has 0 radical (unpaired) electrons. The third kappa shape index (κ3) is 4.96. The quantitative estimate of drug-likeness (QED) is 0.850. The number of aromatic nitrogens is 2. The third-order valence-electron chi connectivity index (χ3n) is 5.28. The van der Waals surface area contributed by atoms with Crippen molar-refractivity contribution in [1.29, 1.82) is 0 Å². The number of aryl methyl sites for hydroxylation is 2. The Bertz CT molecular complexity index is 757. The number of amides is 1. The molecule has 0 atom stereocenters. The molecule has 1 aromatic heterocycles. The Balaban J connectivity index is 1.54. The van der Waals surface area contributed by atoms with Gasteiger partial charge in [-0.3, -0.25) is 19.3 Å². The van der Waals surface area contributed by atoms with Crippen molar-refractivity contribution in [3.63, 3.8) is 0 Å². The molecule has 1 aromatic carbocycles. The maximum atomic E-state index is 12.4. The van der Waals surface area contributed by atoms with E-state index < -0.39 is 0 Å². The summed E-state index contributed by atoms with van der Waals surface area (Å²) in [7, 11) is 0. The highest BCUT2D eigenvalue weighted by Gasteiger charge is 2.18. The zero-order chi connectivity index (χ0) is 19.4. The predicted molar refractivity (Wildman–Crippen MR) is 109 cm³/mol. The van der Waals surface area contributed by atoms with Crippen LogP contribution in [0.1, 0.15) is 42.4 Å². The van der Waals surface area contributed by atoms with Crippen molar-refractivity contribution in [3.8, 4) is 0 Å². The van der Waals surface area contributed by atoms with Gasteiger partial charge >= 0.3 is 0 Å². The Hall–Kier alpha value is -2.18. The zero-order valence-electron chi connectivity index (χ0n) is 16.9. The van der Waals surface area contributed by atoms with Crippen LogP contribution in [0.4, 0.5) is 5.82 Å². The number of rotatable bonds is 6. The summed E-state index contributed by atoms with van der Waals surface area (Å²) < 4.78 is 1.87. The van der Waals surface area contributed by atoms with E-state index in [4.69, 9.17) is 0 Å². The van der Waals surface area contributed by atoms with Crippen molar-refractivity contribution in [1.82, 2.24) is 19.6 Å². The number of anilines is 1. The molecule has 27 heavy (non-hydrogen) atoms. The number of hydrogen-bond donors (Lipinski definition) is 1. The van der Waals surface area contributed by atoms with E-state index in [-0.39, 0.29) is 5.91 Å². The summed E-state index contributed by atoms with van der Waals surface area (Å²) in [6, 6.07) is 10.4. The van der Waals surface area contributed by atoms with Gasteiger partial charge in [-0.25, -0.2) is 0 Å². The first-order valence-electron chi connectivity index (χ1n) is 9.87. The van der Waals surface area contributed by atoms with E-state index in [0.29, 0.717) is 17.4 Å². The fourth-order valence-electron chi connectivity index (χ4n) is 3.54. The van der Waals surface area contributed by atoms with Crippen LogP contribution >= 0.6 is 0 Å². The van der Waals surface area contributed by atoms with Crippen molar-refractivity contribution in [3.05, 3.63) is 47.2 Å². The van der Waals surface area contributed by atoms with Crippen molar-refractivity contribution in [2.45, 2.75) is 46.8 Å². The zero-order valence-corrected chi connectivity index (χ0v) is 16.9. The van der Waals surface area contributed by atoms with Crippen LogP contribution in [0.3, 0.4) is 0 Å². The molecule has 1 amide bonds. The highest BCUT2D eigenvalue weighted by molar-refractivity contribution is 6.03. The lowest BCUT2D eigenvalue weighted by Crippen LogP contribution is -2.48. The first-order valence-corrected chi connectivity index (χ1v) is 9.87. The molecule has 0 saturated carbocycles. The molecule has 146 valence electrons. The lowest BCUT2D eigenvalue weighted by Gasteiger charge is -2.36. The minimum absolute atomic E-state index is 0.118. The summed E-state index contributed by atoms with van der Waals surface area (Å²) in [6.45, 7) is 14.7. The van der Waals surface area contributed by atoms with Crippen molar-refractivity contribution < 1.29 is 4.79 Å². The van der Waals surface area contributed by atoms with Gasteiger partial charge in [-0.2, -0.15) is 5.10 Å². The fraction of sp³-hybridized carbons (Fsp3) is 0.524. The summed E-state index contributed by atoms with van der Waals surface area (Å²) in [5.41, 5.74) is 2.95. The van der Waals surface area contributed by atoms with E-state index in [9.17, 15) is 4.79 Å². The molecule has 3 rings (SSSR count). The number of carbonyl (C=O) groups excluding carboxylic acids is 1. The third-order valence-corrected chi connectivity index (χ3v) is 5.28. The maximum Gasteiger partial charge on any atom is 0.256 e. The molecule has 0 aliphatic carbocycles. The van der Waals surface area contributed by atoms with Gasteiger partial charge in [-0.15, -0.1) is 0 Å². The summed E-state index contributed by atoms with van der Waals surface area (Å²) in [5, 5.41) is 7.26. The van der Waals surface area contributed by atoms with Gasteiger partial charge in [-0.1, -0.05) is 12.1 Å². The van der Waals surface area contributed by atoms with Crippen LogP contribution in [0, 0.1) is 6.92 Å². The summed E-state index contributed by atoms with van der Waals surface area (Å²) in [5.74, 6) is 0.485. The first-order chi connectivity index (χ1) is 13.0. The van der Waals surface area contributed by atoms with Gasteiger partial charge in [0.15, 0.2) is 5.82 Å². The molecular weight excluding hydrogens is 338 g/mol. The molecule has 6 nitrogen and oxygen atoms in total. The van der Waals surface area contributed by atoms with Gasteiger partial charge in [0.05, 0.1) is 0 Å². The average molecular weight is 370 g/mol. The van der Waals surface area contributed by atoms with Crippen molar-refractivity contribution >= 4 is 11.7 Å². The van der Waals surface area contributed by atoms with E-state index >= 15 is 0 Å². The molecule has 1 aliphatic heterocycles. The first kappa shape index (κ1) is 19.6. The number of benzene rings is 1. The van der Waals surface area contributed by atoms with Crippen LogP contribution < -0.4 is 5.32 Å². The Morgan fingerprint density at radius 3 is 2.37 bits per heavy atom. The Labute approximate surface area is 162 Å². The molecule has 2 heterocycles. The lowest BCUT2D eigenvalue weighted by molar-refractivity contribution is 0.102. The Kier molecular flexibility index (Phi) is 6.29. The number of piperazine rings is 1. The number of carbonyl (C=O) groups is 1. The number of hydrogen-bond acceptors (Lipinski definition) is 4. The van der Waals surface area contributed by atoms with Gasteiger partial charge < -0.3 is 5.32 Å². The van der Waals surface area contributed by atoms with E-state index in [2.05, 4.69) is 46.2 Å². The van der Waals surface area contributed by atoms with Gasteiger partial charge in [-0.05, 0) is 45.4 Å². The van der Waals surface area contributed by atoms with Crippen molar-refractivity contribution in [2.75, 3.05) is 31.5 Å². The van der Waals surface area contributed by atoms with E-state index in [0.717, 1.165) is 45.0 Å². The minimum atomic E-state index is -0.118. The smallest absolute Gasteiger partial charge is 0.256 e. The monoisotopic (exact) mass is 369 g/mol. The second kappa shape index (κ2) is 8.67. The van der Waals surface area contributed by atoms with E-state index in [1.807, 2.05) is 36.7 Å². The second-order valence-corrected chi connectivity index (χ2v) is 7.54. The molecule has 0 spiro atoms. The van der Waals surface area contributed by atoms with E-state index in [1.165, 1.54) is 5.56 Å². The topological polar surface area (TPSA) is 53.4 Å². The molecule has 1 N–H and O–H groups in total. The Morgan fingerprint density at radius 1 is 1.15 bits per heavy atom. The van der Waals surface area contributed by atoms with Crippen LogP contribution in [0.15, 0.2) is 30.3 Å². The number of nitrogens with zero attached hydrogens (tertiary/aromatic N) is 4. The summed E-state index contributed by atoms with van der Waals surface area (Å²) in [6.07, 6.45) is 0. The molecule has 1 saturated heterocycles. The van der Waals surface area contributed by atoms with Crippen molar-refractivity contribution in [2.24, 2.45) is 0 Å². The van der Waals surface area contributed by atoms with Gasteiger partial charge in [0.1, 0.15) is 0 Å². The summed E-state index contributed by atoms with van der Waals surface area (Å²) in [4.78, 5) is 17.4. The number of nitrogens with one attached hydrogen (secondary N) is 1. The van der Waals surface area contributed by atoms with Crippen LogP contribution in [0.2, 0.25) is 0 Å². The molecular formula is C21H31N5O. The maximum absolute atomic E-state index is 12.4. The summed E-state index contributed by atoms with van der Waals surface area (Å²) >= 11 is 0. The van der Waals surface area contributed by atoms with Gasteiger partial charge in [0.25, 0.3) is 5.91 Å². The molecule has 0 bridgehead atoms. The fourth-order valence-corrected chi connectivity index (χ4v) is 3.54. The van der Waals surface area contributed by atoms with Crippen LogP contribution in [0.5, 0.6) is 0 Å². The van der Waals surface area contributed by atoms with E-state index in [1.54, 1.807) is 0 Å². The highest BCUT2D eigenvalue weighted by Crippen LogP contribution is 2.14. The molecule has 2 aromatic rings. The lowest BCUT2D eigenvalue weighted by atomic mass is 10.1. The normalized spacial score (nSPS) is 16.0. The van der Waals surface area contributed by atoms with Gasteiger partial charge in [0, 0.05) is 62.6 Å². The Morgan fingerprint density at radius 2 is 1.81 bits per heavy atom. The van der Waals surface area contributed by atoms with Gasteiger partial charge in [0.2, 0.25) is 0 Å². The average Bonchev–Trinajstić information content (AvgIpc) is 3.02. The molecule has 0 unspecified atom stereocenters. The predicted octanol–water partition coefficient (Wildman–Crippen LogP) is 2.99. The minimum Gasteiger partial charge on any atom is -0.305 e. The van der Waals surface area contributed by atoms with Crippen LogP contribution in [-0.4, -0.2) is 57.7 Å². The standard InChI is InChI=1S/C21H31N5O/c1-5-26-17(4)14-20(23-26)22-21(27)19-8-6-18(7-9-19)15-24-10-12-25(13-11-24)16(2)3/h6-9,14,16H,5,10-13,15H2,1-4H3,(H,22,23,27). The molecule has 1 aliphatic rings. The highest BCUT2D eigenvalue weighted by atomic mass is 16.1. The van der Waals surface area contributed by atoms with Crippen LogP contribution in [0.25, 0.3) is 0 Å².